The highest BCUT2D eigenvalue weighted by Gasteiger charge is 2.30. The Morgan fingerprint density at radius 2 is 2.11 bits per heavy atom. The number of nitrogens with one attached hydrogen (secondary N) is 1. The topological polar surface area (TPSA) is 32.3 Å². The predicted molar refractivity (Wildman–Crippen MR) is 67.3 cm³/mol. The lowest BCUT2D eigenvalue weighted by Crippen LogP contribution is -2.31. The van der Waals surface area contributed by atoms with Gasteiger partial charge in [0.25, 0.3) is 0 Å². The number of aliphatic hydroxyl groups is 1. The van der Waals surface area contributed by atoms with Crippen LogP contribution in [-0.2, 0) is 6.18 Å². The van der Waals surface area contributed by atoms with E-state index in [-0.39, 0.29) is 18.2 Å². The Kier molecular flexibility index (Phi) is 5.40. The van der Waals surface area contributed by atoms with E-state index in [1.807, 2.05) is 6.92 Å². The van der Waals surface area contributed by atoms with Crippen LogP contribution in [0.3, 0.4) is 0 Å². The van der Waals surface area contributed by atoms with Gasteiger partial charge in [-0.1, -0.05) is 25.0 Å². The minimum atomic E-state index is -4.41. The van der Waals surface area contributed by atoms with Crippen molar-refractivity contribution >= 4 is 0 Å². The van der Waals surface area contributed by atoms with Crippen molar-refractivity contribution in [2.24, 2.45) is 0 Å². The van der Waals surface area contributed by atoms with Crippen LogP contribution < -0.4 is 5.32 Å². The molecule has 104 valence electrons. The number of halogens is 3. The maximum Gasteiger partial charge on any atom is 0.416 e. The summed E-state index contributed by atoms with van der Waals surface area (Å²) >= 11 is 0. The van der Waals surface area contributed by atoms with Crippen LogP contribution in [0.25, 0.3) is 0 Å². The number of alkyl halides is 3. The van der Waals surface area contributed by atoms with Gasteiger partial charge in [0.1, 0.15) is 0 Å². The minimum absolute atomic E-state index is 0.115. The zero-order chi connectivity index (χ0) is 14.5. The lowest BCUT2D eigenvalue weighted by Gasteiger charge is -2.16. The molecule has 0 aliphatic rings. The molecule has 0 heterocycles. The molecule has 5 heteroatoms. The van der Waals surface area contributed by atoms with Crippen molar-refractivity contribution in [1.82, 2.24) is 5.32 Å². The molecule has 2 atom stereocenters. The molecule has 0 spiro atoms. The molecule has 2 N–H and O–H groups in total. The van der Waals surface area contributed by atoms with E-state index >= 15 is 0 Å². The number of benzene rings is 1. The van der Waals surface area contributed by atoms with E-state index in [0.717, 1.165) is 12.1 Å². The van der Waals surface area contributed by atoms with Gasteiger partial charge in [0.2, 0.25) is 0 Å². The smallest absolute Gasteiger partial charge is 0.387 e. The largest absolute Gasteiger partial charge is 0.416 e. The molecule has 0 amide bonds. The molecule has 0 saturated carbocycles. The van der Waals surface area contributed by atoms with Crippen LogP contribution in [0.5, 0.6) is 0 Å². The molecule has 0 radical (unpaired) electrons. The summed E-state index contributed by atoms with van der Waals surface area (Å²) < 4.78 is 37.6. The van der Waals surface area contributed by atoms with Crippen molar-refractivity contribution < 1.29 is 18.3 Å². The van der Waals surface area contributed by atoms with E-state index < -0.39 is 17.8 Å². The van der Waals surface area contributed by atoms with Crippen LogP contribution in [-0.4, -0.2) is 17.7 Å². The summed E-state index contributed by atoms with van der Waals surface area (Å²) in [7, 11) is 0. The van der Waals surface area contributed by atoms with E-state index in [9.17, 15) is 18.3 Å². The summed E-state index contributed by atoms with van der Waals surface area (Å²) in [5.74, 6) is 2.49. The van der Waals surface area contributed by atoms with Crippen molar-refractivity contribution in [3.05, 3.63) is 35.4 Å². The first kappa shape index (κ1) is 15.5. The monoisotopic (exact) mass is 271 g/mol. The Balaban J connectivity index is 2.73. The lowest BCUT2D eigenvalue weighted by atomic mass is 10.1. The number of rotatable bonds is 5. The lowest BCUT2D eigenvalue weighted by molar-refractivity contribution is -0.137. The molecular formula is C14H16F3NO. The first-order chi connectivity index (χ1) is 8.88. The van der Waals surface area contributed by atoms with Gasteiger partial charge in [-0.2, -0.15) is 13.2 Å². The number of hydrogen-bond donors (Lipinski definition) is 2. The summed E-state index contributed by atoms with van der Waals surface area (Å²) in [6.07, 6.45) is 0.501. The Labute approximate surface area is 110 Å². The first-order valence-electron chi connectivity index (χ1n) is 5.93. The fraction of sp³-hybridized carbons (Fsp3) is 0.429. The van der Waals surface area contributed by atoms with Crippen LogP contribution in [0.2, 0.25) is 0 Å². The molecule has 19 heavy (non-hydrogen) atoms. The predicted octanol–water partition coefficient (Wildman–Crippen LogP) is 2.74. The van der Waals surface area contributed by atoms with Crippen LogP contribution in [0.4, 0.5) is 13.2 Å². The summed E-state index contributed by atoms with van der Waals surface area (Å²) in [4.78, 5) is 0. The zero-order valence-electron chi connectivity index (χ0n) is 10.5. The molecule has 1 rings (SSSR count). The van der Waals surface area contributed by atoms with Gasteiger partial charge in [-0.25, -0.2) is 0 Å². The van der Waals surface area contributed by atoms with Gasteiger partial charge >= 0.3 is 6.18 Å². The van der Waals surface area contributed by atoms with E-state index in [2.05, 4.69) is 11.2 Å². The van der Waals surface area contributed by atoms with Crippen molar-refractivity contribution in [3.63, 3.8) is 0 Å². The van der Waals surface area contributed by atoms with Gasteiger partial charge in [0, 0.05) is 6.54 Å². The number of aliphatic hydroxyl groups excluding tert-OH is 1. The molecule has 1 aromatic rings. The summed E-state index contributed by atoms with van der Waals surface area (Å²) in [6, 6.07) is 4.46. The van der Waals surface area contributed by atoms with E-state index in [1.54, 1.807) is 0 Å². The molecule has 2 unspecified atom stereocenters. The fourth-order valence-corrected chi connectivity index (χ4v) is 1.62. The molecule has 0 aromatic heterocycles. The van der Waals surface area contributed by atoms with Gasteiger partial charge < -0.3 is 10.4 Å². The highest BCUT2D eigenvalue weighted by Crippen LogP contribution is 2.30. The second kappa shape index (κ2) is 6.60. The molecule has 1 aromatic carbocycles. The van der Waals surface area contributed by atoms with Gasteiger partial charge in [-0.15, -0.1) is 6.42 Å². The average molecular weight is 271 g/mol. The summed E-state index contributed by atoms with van der Waals surface area (Å²) in [6.45, 7) is 2.00. The van der Waals surface area contributed by atoms with Crippen LogP contribution in [0, 0.1) is 12.3 Å². The quantitative estimate of drug-likeness (QED) is 0.807. The second-order valence-electron chi connectivity index (χ2n) is 4.17. The van der Waals surface area contributed by atoms with Crippen LogP contribution in [0.1, 0.15) is 30.6 Å². The van der Waals surface area contributed by atoms with E-state index in [4.69, 9.17) is 6.42 Å². The van der Waals surface area contributed by atoms with E-state index in [0.29, 0.717) is 6.42 Å². The standard InChI is InChI=1S/C14H16F3NO/c1-3-12(4-2)18-9-13(19)10-6-5-7-11(8-10)14(15,16)17/h1,5-8,12-13,18-19H,4,9H2,2H3. The third-order valence-corrected chi connectivity index (χ3v) is 2.77. The average Bonchev–Trinajstić information content (AvgIpc) is 2.39. The van der Waals surface area contributed by atoms with Crippen molar-refractivity contribution in [1.29, 1.82) is 0 Å². The second-order valence-corrected chi connectivity index (χ2v) is 4.17. The number of terminal acetylenes is 1. The molecule has 0 aliphatic carbocycles. The van der Waals surface area contributed by atoms with Gasteiger partial charge in [-0.05, 0) is 24.1 Å². The highest BCUT2D eigenvalue weighted by atomic mass is 19.4. The molecule has 0 saturated heterocycles. The summed E-state index contributed by atoms with van der Waals surface area (Å²) in [5.41, 5.74) is -0.553. The Bertz CT molecular complexity index is 451. The van der Waals surface area contributed by atoms with Gasteiger partial charge in [0.05, 0.1) is 17.7 Å². The first-order valence-corrected chi connectivity index (χ1v) is 5.93. The minimum Gasteiger partial charge on any atom is -0.387 e. The molecule has 0 aliphatic heterocycles. The highest BCUT2D eigenvalue weighted by molar-refractivity contribution is 5.27. The molecule has 2 nitrogen and oxygen atoms in total. The maximum absolute atomic E-state index is 12.5. The SMILES string of the molecule is C#CC(CC)NCC(O)c1cccc(C(F)(F)F)c1. The number of hydrogen-bond acceptors (Lipinski definition) is 2. The molecule has 0 fully saturated rings. The normalized spacial score (nSPS) is 14.7. The molecule has 0 bridgehead atoms. The van der Waals surface area contributed by atoms with Crippen LogP contribution >= 0.6 is 0 Å². The van der Waals surface area contributed by atoms with Crippen LogP contribution in [0.15, 0.2) is 24.3 Å². The molecular weight excluding hydrogens is 255 g/mol. The summed E-state index contributed by atoms with van der Waals surface area (Å²) in [5, 5.41) is 12.8. The fourth-order valence-electron chi connectivity index (χ4n) is 1.62. The van der Waals surface area contributed by atoms with Crippen molar-refractivity contribution in [2.75, 3.05) is 6.54 Å². The Hall–Kier alpha value is -1.51. The van der Waals surface area contributed by atoms with Crippen molar-refractivity contribution in [3.8, 4) is 12.3 Å². The van der Waals surface area contributed by atoms with Gasteiger partial charge in [0.15, 0.2) is 0 Å². The van der Waals surface area contributed by atoms with Gasteiger partial charge in [-0.3, -0.25) is 0 Å². The van der Waals surface area contributed by atoms with Crippen molar-refractivity contribution in [2.45, 2.75) is 31.7 Å². The zero-order valence-corrected chi connectivity index (χ0v) is 10.5. The third kappa shape index (κ3) is 4.58. The third-order valence-electron chi connectivity index (χ3n) is 2.77. The Morgan fingerprint density at radius 3 is 2.63 bits per heavy atom. The maximum atomic E-state index is 12.5. The Morgan fingerprint density at radius 1 is 1.42 bits per heavy atom. The van der Waals surface area contributed by atoms with E-state index in [1.165, 1.54) is 12.1 Å².